The quantitative estimate of drug-likeness (QED) is 0.810. The fourth-order valence-electron chi connectivity index (χ4n) is 2.09. The number of fused-ring (bicyclic) bond motifs is 1. The van der Waals surface area contributed by atoms with Gasteiger partial charge in [0.25, 0.3) is 10.0 Å². The Morgan fingerprint density at radius 3 is 2.55 bits per heavy atom. The molecule has 0 aliphatic carbocycles. The summed E-state index contributed by atoms with van der Waals surface area (Å²) in [6, 6.07) is 12.3. The summed E-state index contributed by atoms with van der Waals surface area (Å²) < 4.78 is 33.3. The Kier molecular flexibility index (Phi) is 2.87. The fourth-order valence-corrected chi connectivity index (χ4v) is 3.22. The molecular weight excluding hydrogens is 274 g/mol. The van der Waals surface area contributed by atoms with Gasteiger partial charge in [-0.15, -0.1) is 4.40 Å². The summed E-state index contributed by atoms with van der Waals surface area (Å²) in [7, 11) is -3.63. The van der Waals surface area contributed by atoms with Crippen molar-refractivity contribution in [3.63, 3.8) is 0 Å². The molecule has 2 aromatic carbocycles. The van der Waals surface area contributed by atoms with E-state index in [1.54, 1.807) is 24.3 Å². The average Bonchev–Trinajstić information content (AvgIpc) is 2.67. The number of benzene rings is 2. The van der Waals surface area contributed by atoms with Gasteiger partial charge in [-0.2, -0.15) is 8.42 Å². The Hall–Kier alpha value is -2.14. The van der Waals surface area contributed by atoms with Crippen molar-refractivity contribution in [2.75, 3.05) is 0 Å². The normalized spacial score (nSPS) is 15.6. The molecule has 0 spiro atoms. The van der Waals surface area contributed by atoms with Crippen molar-refractivity contribution in [3.05, 3.63) is 59.2 Å². The number of nitrogens with zero attached hydrogens (tertiary/aromatic N) is 1. The molecule has 0 aromatic heterocycles. The Labute approximate surface area is 117 Å². The molecule has 0 saturated carbocycles. The Balaban J connectivity index is 2.07. The first-order valence-electron chi connectivity index (χ1n) is 6.17. The molecule has 5 heteroatoms. The van der Waals surface area contributed by atoms with Crippen LogP contribution in [-0.4, -0.2) is 14.3 Å². The lowest BCUT2D eigenvalue weighted by Crippen LogP contribution is -2.08. The second-order valence-corrected chi connectivity index (χ2v) is 6.24. The molecule has 1 heterocycles. The first-order chi connectivity index (χ1) is 9.49. The van der Waals surface area contributed by atoms with E-state index >= 15 is 0 Å². The molecule has 1 aliphatic heterocycles. The SMILES string of the molecule is Cc1cccc(OC2=NS(=O)(=O)c3ccccc32)c1C. The van der Waals surface area contributed by atoms with Crippen molar-refractivity contribution >= 4 is 15.9 Å². The van der Waals surface area contributed by atoms with E-state index in [2.05, 4.69) is 4.40 Å². The van der Waals surface area contributed by atoms with Crippen LogP contribution in [0, 0.1) is 13.8 Å². The lowest BCUT2D eigenvalue weighted by atomic mass is 10.1. The topological polar surface area (TPSA) is 55.7 Å². The summed E-state index contributed by atoms with van der Waals surface area (Å²) in [6.45, 7) is 3.91. The molecule has 102 valence electrons. The van der Waals surface area contributed by atoms with Gasteiger partial charge in [-0.3, -0.25) is 0 Å². The van der Waals surface area contributed by atoms with Crippen LogP contribution in [0.2, 0.25) is 0 Å². The third-order valence-corrected chi connectivity index (χ3v) is 4.68. The Morgan fingerprint density at radius 1 is 1.00 bits per heavy atom. The van der Waals surface area contributed by atoms with E-state index in [0.717, 1.165) is 11.1 Å². The minimum atomic E-state index is -3.63. The molecule has 0 bridgehead atoms. The van der Waals surface area contributed by atoms with Gasteiger partial charge < -0.3 is 4.74 Å². The zero-order valence-electron chi connectivity index (χ0n) is 11.1. The van der Waals surface area contributed by atoms with E-state index in [9.17, 15) is 8.42 Å². The molecule has 4 nitrogen and oxygen atoms in total. The van der Waals surface area contributed by atoms with E-state index in [0.29, 0.717) is 11.3 Å². The monoisotopic (exact) mass is 287 g/mol. The molecular formula is C15H13NO3S. The standard InChI is InChI=1S/C15H13NO3S/c1-10-6-5-8-13(11(10)2)19-15-12-7-3-4-9-14(12)20(17,18)16-15/h3-9H,1-2H3. The number of hydrogen-bond acceptors (Lipinski definition) is 3. The summed E-state index contributed by atoms with van der Waals surface area (Å²) in [6.07, 6.45) is 0. The van der Waals surface area contributed by atoms with Gasteiger partial charge in [-0.05, 0) is 43.2 Å². The van der Waals surface area contributed by atoms with Gasteiger partial charge in [0.1, 0.15) is 10.6 Å². The van der Waals surface area contributed by atoms with Crippen molar-refractivity contribution in [1.29, 1.82) is 0 Å². The van der Waals surface area contributed by atoms with E-state index in [1.165, 1.54) is 6.07 Å². The van der Waals surface area contributed by atoms with Crippen LogP contribution in [0.15, 0.2) is 51.8 Å². The van der Waals surface area contributed by atoms with E-state index in [4.69, 9.17) is 4.74 Å². The minimum Gasteiger partial charge on any atom is -0.437 e. The van der Waals surface area contributed by atoms with Gasteiger partial charge in [-0.25, -0.2) is 0 Å². The first-order valence-corrected chi connectivity index (χ1v) is 7.61. The molecule has 0 atom stereocenters. The van der Waals surface area contributed by atoms with Crippen LogP contribution in [0.3, 0.4) is 0 Å². The molecule has 20 heavy (non-hydrogen) atoms. The molecule has 0 radical (unpaired) electrons. The highest BCUT2D eigenvalue weighted by molar-refractivity contribution is 7.90. The summed E-state index contributed by atoms with van der Waals surface area (Å²) >= 11 is 0. The smallest absolute Gasteiger partial charge is 0.286 e. The van der Waals surface area contributed by atoms with Gasteiger partial charge in [0.15, 0.2) is 0 Å². The molecule has 0 fully saturated rings. The molecule has 0 amide bonds. The van der Waals surface area contributed by atoms with Gasteiger partial charge in [0.05, 0.1) is 5.56 Å². The molecule has 2 aromatic rings. The van der Waals surface area contributed by atoms with Gasteiger partial charge in [-0.1, -0.05) is 24.3 Å². The summed E-state index contributed by atoms with van der Waals surface area (Å²) in [5.74, 6) is 0.755. The predicted molar refractivity (Wildman–Crippen MR) is 76.7 cm³/mol. The number of ether oxygens (including phenoxy) is 1. The highest BCUT2D eigenvalue weighted by atomic mass is 32.2. The molecule has 1 aliphatic rings. The number of sulfonamides is 1. The van der Waals surface area contributed by atoms with Crippen LogP contribution < -0.4 is 4.74 Å². The van der Waals surface area contributed by atoms with Crippen molar-refractivity contribution in [2.45, 2.75) is 18.7 Å². The second-order valence-electron chi connectivity index (χ2n) is 4.67. The zero-order chi connectivity index (χ0) is 14.3. The van der Waals surface area contributed by atoms with Gasteiger partial charge in [0, 0.05) is 0 Å². The number of hydrogen-bond donors (Lipinski definition) is 0. The van der Waals surface area contributed by atoms with Crippen molar-refractivity contribution in [2.24, 2.45) is 4.40 Å². The summed E-state index contributed by atoms with van der Waals surface area (Å²) in [5, 5.41) is 0. The highest BCUT2D eigenvalue weighted by Gasteiger charge is 2.30. The number of rotatable bonds is 1. The van der Waals surface area contributed by atoms with Crippen molar-refractivity contribution in [3.8, 4) is 5.75 Å². The van der Waals surface area contributed by atoms with Gasteiger partial charge >= 0.3 is 0 Å². The maximum Gasteiger partial charge on any atom is 0.286 e. The van der Waals surface area contributed by atoms with E-state index in [-0.39, 0.29) is 10.8 Å². The predicted octanol–water partition coefficient (Wildman–Crippen LogP) is 2.83. The maximum absolute atomic E-state index is 11.9. The summed E-state index contributed by atoms with van der Waals surface area (Å²) in [5.41, 5.74) is 2.56. The molecule has 3 rings (SSSR count). The molecule has 0 saturated heterocycles. The van der Waals surface area contributed by atoms with Crippen molar-refractivity contribution < 1.29 is 13.2 Å². The largest absolute Gasteiger partial charge is 0.437 e. The highest BCUT2D eigenvalue weighted by Crippen LogP contribution is 2.29. The third-order valence-electron chi connectivity index (χ3n) is 3.36. The van der Waals surface area contributed by atoms with E-state index < -0.39 is 10.0 Å². The van der Waals surface area contributed by atoms with E-state index in [1.807, 2.05) is 26.0 Å². The lowest BCUT2D eigenvalue weighted by molar-refractivity contribution is 0.548. The maximum atomic E-state index is 11.9. The first kappa shape index (κ1) is 12.9. The van der Waals surface area contributed by atoms with Crippen LogP contribution in [0.25, 0.3) is 0 Å². The van der Waals surface area contributed by atoms with Crippen LogP contribution in [0.4, 0.5) is 0 Å². The molecule has 0 N–H and O–H groups in total. The Morgan fingerprint density at radius 2 is 1.75 bits per heavy atom. The van der Waals surface area contributed by atoms with Gasteiger partial charge in [0.2, 0.25) is 5.90 Å². The average molecular weight is 287 g/mol. The van der Waals surface area contributed by atoms with Crippen LogP contribution in [-0.2, 0) is 10.0 Å². The minimum absolute atomic E-state index is 0.134. The fraction of sp³-hybridized carbons (Fsp3) is 0.133. The Bertz CT molecular complexity index is 823. The zero-order valence-corrected chi connectivity index (χ0v) is 11.9. The van der Waals surface area contributed by atoms with Crippen LogP contribution >= 0.6 is 0 Å². The molecule has 0 unspecified atom stereocenters. The van der Waals surface area contributed by atoms with Crippen molar-refractivity contribution in [1.82, 2.24) is 0 Å². The van der Waals surface area contributed by atoms with Crippen LogP contribution in [0.1, 0.15) is 16.7 Å². The third kappa shape index (κ3) is 2.00. The second kappa shape index (κ2) is 4.45. The lowest BCUT2D eigenvalue weighted by Gasteiger charge is -2.10. The number of aryl methyl sites for hydroxylation is 1. The summed E-state index contributed by atoms with van der Waals surface area (Å²) in [4.78, 5) is 0.195. The van der Waals surface area contributed by atoms with Crippen LogP contribution in [0.5, 0.6) is 5.75 Å².